The first-order chi connectivity index (χ1) is 12.7. The number of benzene rings is 1. The van der Waals surface area contributed by atoms with Gasteiger partial charge in [-0.2, -0.15) is 5.10 Å². The van der Waals surface area contributed by atoms with Gasteiger partial charge in [-0.1, -0.05) is 6.07 Å². The van der Waals surface area contributed by atoms with Crippen LogP contribution in [0.15, 0.2) is 54.4 Å². The van der Waals surface area contributed by atoms with Crippen molar-refractivity contribution in [1.82, 2.24) is 24.6 Å². The summed E-state index contributed by atoms with van der Waals surface area (Å²) >= 11 is 1.45. The molecule has 1 fully saturated rings. The zero-order valence-electron chi connectivity index (χ0n) is 14.0. The Bertz CT molecular complexity index is 882. The Hall–Kier alpha value is -3.00. The smallest absolute Gasteiger partial charge is 0.264 e. The van der Waals surface area contributed by atoms with Crippen LogP contribution in [0.3, 0.4) is 0 Å². The molecule has 3 aromatic rings. The molecular weight excluding hydrogens is 350 g/mol. The number of amides is 2. The maximum absolute atomic E-state index is 12.7. The number of aromatic nitrogens is 3. The SMILES string of the molecule is O=C(c1ccc(-n2cncn2)cc1)N1CCN(C(=O)c2cccs2)CC1. The van der Waals surface area contributed by atoms with Crippen LogP contribution in [0.1, 0.15) is 20.0 Å². The summed E-state index contributed by atoms with van der Waals surface area (Å²) in [6.07, 6.45) is 3.08. The van der Waals surface area contributed by atoms with Crippen molar-refractivity contribution in [1.29, 1.82) is 0 Å². The molecule has 0 spiro atoms. The molecule has 1 aliphatic heterocycles. The summed E-state index contributed by atoms with van der Waals surface area (Å²) in [7, 11) is 0. The summed E-state index contributed by atoms with van der Waals surface area (Å²) in [6, 6.07) is 11.0. The van der Waals surface area contributed by atoms with Crippen molar-refractivity contribution in [3.05, 3.63) is 64.9 Å². The van der Waals surface area contributed by atoms with Crippen LogP contribution in [0.2, 0.25) is 0 Å². The first-order valence-corrected chi connectivity index (χ1v) is 9.17. The van der Waals surface area contributed by atoms with Crippen molar-refractivity contribution in [3.63, 3.8) is 0 Å². The summed E-state index contributed by atoms with van der Waals surface area (Å²) in [5, 5.41) is 5.97. The van der Waals surface area contributed by atoms with E-state index >= 15 is 0 Å². The average molecular weight is 367 g/mol. The molecule has 0 bridgehead atoms. The zero-order valence-corrected chi connectivity index (χ0v) is 14.8. The monoisotopic (exact) mass is 367 g/mol. The van der Waals surface area contributed by atoms with Crippen molar-refractivity contribution in [3.8, 4) is 5.69 Å². The molecule has 1 aliphatic rings. The van der Waals surface area contributed by atoms with Crippen molar-refractivity contribution in [2.24, 2.45) is 0 Å². The molecule has 0 atom stereocenters. The summed E-state index contributed by atoms with van der Waals surface area (Å²) < 4.78 is 1.64. The van der Waals surface area contributed by atoms with Crippen LogP contribution in [-0.2, 0) is 0 Å². The fourth-order valence-corrected chi connectivity index (χ4v) is 3.64. The maximum Gasteiger partial charge on any atom is 0.264 e. The highest BCUT2D eigenvalue weighted by molar-refractivity contribution is 7.12. The molecule has 26 heavy (non-hydrogen) atoms. The minimum atomic E-state index is -0.0154. The van der Waals surface area contributed by atoms with Gasteiger partial charge in [0.1, 0.15) is 12.7 Å². The van der Waals surface area contributed by atoms with E-state index in [0.29, 0.717) is 31.7 Å². The molecule has 1 saturated heterocycles. The lowest BCUT2D eigenvalue weighted by atomic mass is 10.1. The largest absolute Gasteiger partial charge is 0.335 e. The minimum Gasteiger partial charge on any atom is -0.335 e. The Balaban J connectivity index is 1.38. The van der Waals surface area contributed by atoms with Crippen LogP contribution < -0.4 is 0 Å². The number of rotatable bonds is 3. The van der Waals surface area contributed by atoms with Crippen LogP contribution in [0.5, 0.6) is 0 Å². The van der Waals surface area contributed by atoms with Gasteiger partial charge in [0, 0.05) is 31.7 Å². The van der Waals surface area contributed by atoms with Gasteiger partial charge in [0.25, 0.3) is 11.8 Å². The standard InChI is InChI=1S/C18H17N5O2S/c24-17(14-3-5-15(6-4-14)23-13-19-12-20-23)21-7-9-22(10-8-21)18(25)16-2-1-11-26-16/h1-6,11-13H,7-10H2. The number of piperazine rings is 1. The number of carbonyl (C=O) groups is 2. The van der Waals surface area contributed by atoms with Crippen LogP contribution in [0, 0.1) is 0 Å². The Kier molecular flexibility index (Phi) is 4.49. The molecule has 0 N–H and O–H groups in total. The van der Waals surface area contributed by atoms with Crippen molar-refractivity contribution < 1.29 is 9.59 Å². The summed E-state index contributed by atoms with van der Waals surface area (Å²) in [5.41, 5.74) is 1.48. The first kappa shape index (κ1) is 16.5. The fourth-order valence-electron chi connectivity index (χ4n) is 2.95. The molecule has 2 aromatic heterocycles. The number of nitrogens with zero attached hydrogens (tertiary/aromatic N) is 5. The van der Waals surface area contributed by atoms with Gasteiger partial charge in [-0.3, -0.25) is 9.59 Å². The quantitative estimate of drug-likeness (QED) is 0.709. The molecule has 8 heteroatoms. The van der Waals surface area contributed by atoms with E-state index in [0.717, 1.165) is 10.6 Å². The second-order valence-electron chi connectivity index (χ2n) is 5.95. The van der Waals surface area contributed by atoms with Gasteiger partial charge in [-0.15, -0.1) is 11.3 Å². The van der Waals surface area contributed by atoms with Crippen LogP contribution in [0.4, 0.5) is 0 Å². The van der Waals surface area contributed by atoms with E-state index in [9.17, 15) is 9.59 Å². The molecule has 2 amide bonds. The highest BCUT2D eigenvalue weighted by Crippen LogP contribution is 2.16. The number of hydrogen-bond acceptors (Lipinski definition) is 5. The molecule has 0 unspecified atom stereocenters. The van der Waals surface area contributed by atoms with E-state index in [4.69, 9.17) is 0 Å². The van der Waals surface area contributed by atoms with Crippen LogP contribution in [0.25, 0.3) is 5.69 Å². The lowest BCUT2D eigenvalue weighted by Crippen LogP contribution is -2.50. The van der Waals surface area contributed by atoms with E-state index in [2.05, 4.69) is 10.1 Å². The van der Waals surface area contributed by atoms with E-state index < -0.39 is 0 Å². The zero-order chi connectivity index (χ0) is 17.9. The topological polar surface area (TPSA) is 71.3 Å². The van der Waals surface area contributed by atoms with Gasteiger partial charge in [0.15, 0.2) is 0 Å². The normalized spacial score (nSPS) is 14.5. The van der Waals surface area contributed by atoms with Gasteiger partial charge >= 0.3 is 0 Å². The predicted molar refractivity (Wildman–Crippen MR) is 97.5 cm³/mol. The first-order valence-electron chi connectivity index (χ1n) is 8.29. The highest BCUT2D eigenvalue weighted by atomic mass is 32.1. The van der Waals surface area contributed by atoms with Gasteiger partial charge in [0.05, 0.1) is 10.6 Å². The third-order valence-corrected chi connectivity index (χ3v) is 5.24. The lowest BCUT2D eigenvalue weighted by molar-refractivity contribution is 0.0538. The van der Waals surface area contributed by atoms with E-state index in [1.807, 2.05) is 34.5 Å². The Morgan fingerprint density at radius 3 is 2.19 bits per heavy atom. The molecule has 1 aromatic carbocycles. The molecule has 7 nitrogen and oxygen atoms in total. The molecule has 132 valence electrons. The second kappa shape index (κ2) is 7.09. The Morgan fingerprint density at radius 2 is 1.62 bits per heavy atom. The Morgan fingerprint density at radius 1 is 0.923 bits per heavy atom. The highest BCUT2D eigenvalue weighted by Gasteiger charge is 2.25. The molecular formula is C18H17N5O2S. The van der Waals surface area contributed by atoms with Crippen LogP contribution >= 0.6 is 11.3 Å². The third kappa shape index (κ3) is 3.23. The molecule has 0 radical (unpaired) electrons. The van der Waals surface area contributed by atoms with E-state index in [1.165, 1.54) is 17.7 Å². The van der Waals surface area contributed by atoms with E-state index in [1.54, 1.807) is 28.0 Å². The van der Waals surface area contributed by atoms with Gasteiger partial charge in [-0.25, -0.2) is 9.67 Å². The van der Waals surface area contributed by atoms with Crippen molar-refractivity contribution in [2.75, 3.05) is 26.2 Å². The van der Waals surface area contributed by atoms with Gasteiger partial charge in [-0.05, 0) is 35.7 Å². The van der Waals surface area contributed by atoms with Crippen molar-refractivity contribution >= 4 is 23.2 Å². The third-order valence-electron chi connectivity index (χ3n) is 4.38. The fraction of sp³-hybridized carbons (Fsp3) is 0.222. The minimum absolute atomic E-state index is 0.0154. The van der Waals surface area contributed by atoms with Gasteiger partial charge in [0.2, 0.25) is 0 Å². The summed E-state index contributed by atoms with van der Waals surface area (Å²) in [4.78, 5) is 33.3. The van der Waals surface area contributed by atoms with Crippen LogP contribution in [-0.4, -0.2) is 62.6 Å². The van der Waals surface area contributed by atoms with Gasteiger partial charge < -0.3 is 9.80 Å². The predicted octanol–water partition coefficient (Wildman–Crippen LogP) is 1.93. The summed E-state index contributed by atoms with van der Waals surface area (Å²) in [5.74, 6) is 0.0302. The summed E-state index contributed by atoms with van der Waals surface area (Å²) in [6.45, 7) is 2.20. The molecule has 3 heterocycles. The average Bonchev–Trinajstić information content (AvgIpc) is 3.41. The van der Waals surface area contributed by atoms with E-state index in [-0.39, 0.29) is 11.8 Å². The molecule has 0 saturated carbocycles. The lowest BCUT2D eigenvalue weighted by Gasteiger charge is -2.34. The number of hydrogen-bond donors (Lipinski definition) is 0. The number of carbonyl (C=O) groups excluding carboxylic acids is 2. The Labute approximate surface area is 154 Å². The molecule has 0 aliphatic carbocycles. The maximum atomic E-state index is 12.7. The molecule has 4 rings (SSSR count). The van der Waals surface area contributed by atoms with Crippen molar-refractivity contribution in [2.45, 2.75) is 0 Å². The number of thiophene rings is 1. The second-order valence-corrected chi connectivity index (χ2v) is 6.90.